The van der Waals surface area contributed by atoms with E-state index in [4.69, 9.17) is 18.9 Å². The second-order valence-corrected chi connectivity index (χ2v) is 12.1. The Hall–Kier alpha value is -7.04. The number of rotatable bonds is 11. The zero-order valence-corrected chi connectivity index (χ0v) is 28.3. The molecule has 8 aromatic rings. The summed E-state index contributed by atoms with van der Waals surface area (Å²) in [6, 6.07) is 68.0. The van der Waals surface area contributed by atoms with Gasteiger partial charge in [0.2, 0.25) is 0 Å². The number of hydrogen-bond acceptors (Lipinski definition) is 4. The third-order valence-electron chi connectivity index (χ3n) is 8.53. The summed E-state index contributed by atoms with van der Waals surface area (Å²) in [4.78, 5) is 0. The van der Waals surface area contributed by atoms with Crippen molar-refractivity contribution < 1.29 is 18.9 Å². The maximum atomic E-state index is 6.61. The molecule has 0 unspecified atom stereocenters. The van der Waals surface area contributed by atoms with Crippen molar-refractivity contribution in [1.82, 2.24) is 0 Å². The zero-order chi connectivity index (χ0) is 35.0. The van der Waals surface area contributed by atoms with Crippen molar-refractivity contribution in [2.45, 2.75) is 0 Å². The molecule has 8 rings (SSSR count). The first kappa shape index (κ1) is 32.2. The normalized spacial score (nSPS) is 10.7. The quantitative estimate of drug-likeness (QED) is 0.137. The molecule has 0 aromatic heterocycles. The molecule has 0 bridgehead atoms. The van der Waals surface area contributed by atoms with Crippen LogP contribution in [0.2, 0.25) is 0 Å². The summed E-state index contributed by atoms with van der Waals surface area (Å²) < 4.78 is 25.5. The van der Waals surface area contributed by atoms with E-state index in [2.05, 4.69) is 60.7 Å². The van der Waals surface area contributed by atoms with E-state index in [9.17, 15) is 0 Å². The minimum atomic E-state index is 0.668. The molecule has 0 fully saturated rings. The number of para-hydroxylation sites is 3. The van der Waals surface area contributed by atoms with Gasteiger partial charge in [0, 0.05) is 22.8 Å². The van der Waals surface area contributed by atoms with Crippen LogP contribution in [-0.2, 0) is 0 Å². The minimum absolute atomic E-state index is 0.668. The summed E-state index contributed by atoms with van der Waals surface area (Å²) in [5.74, 6) is 5.70. The van der Waals surface area contributed by atoms with Gasteiger partial charge in [-0.25, -0.2) is 0 Å². The van der Waals surface area contributed by atoms with Gasteiger partial charge in [0.1, 0.15) is 46.0 Å². The van der Waals surface area contributed by atoms with Crippen molar-refractivity contribution in [1.29, 1.82) is 0 Å². The lowest BCUT2D eigenvalue weighted by molar-refractivity contribution is 0.457. The summed E-state index contributed by atoms with van der Waals surface area (Å²) in [5, 5.41) is 0. The van der Waals surface area contributed by atoms with Crippen LogP contribution in [0, 0.1) is 0 Å². The molecule has 52 heavy (non-hydrogen) atoms. The average Bonchev–Trinajstić information content (AvgIpc) is 3.21. The van der Waals surface area contributed by atoms with Gasteiger partial charge in [0.15, 0.2) is 0 Å². The Kier molecular flexibility index (Phi) is 9.43. The van der Waals surface area contributed by atoms with E-state index in [-0.39, 0.29) is 0 Å². The molecule has 0 aliphatic heterocycles. The van der Waals surface area contributed by atoms with Crippen LogP contribution in [0.1, 0.15) is 0 Å². The summed E-state index contributed by atoms with van der Waals surface area (Å²) in [7, 11) is 0. The van der Waals surface area contributed by atoms with Gasteiger partial charge in [-0.05, 0) is 83.4 Å². The first-order valence-electron chi connectivity index (χ1n) is 17.2. The molecule has 0 heterocycles. The van der Waals surface area contributed by atoms with Gasteiger partial charge in [-0.15, -0.1) is 0 Å². The molecule has 0 aliphatic carbocycles. The fraction of sp³-hybridized carbons (Fsp3) is 0. The van der Waals surface area contributed by atoms with E-state index in [0.29, 0.717) is 28.7 Å². The van der Waals surface area contributed by atoms with E-state index in [0.717, 1.165) is 45.1 Å². The van der Waals surface area contributed by atoms with Crippen molar-refractivity contribution in [3.63, 3.8) is 0 Å². The van der Waals surface area contributed by atoms with E-state index >= 15 is 0 Å². The van der Waals surface area contributed by atoms with Crippen molar-refractivity contribution in [3.8, 4) is 79.4 Å². The average molecular weight is 675 g/mol. The molecule has 8 aromatic carbocycles. The van der Waals surface area contributed by atoms with Gasteiger partial charge in [-0.2, -0.15) is 0 Å². The third kappa shape index (κ3) is 7.57. The third-order valence-corrected chi connectivity index (χ3v) is 8.53. The molecular formula is C48H34O4. The summed E-state index contributed by atoms with van der Waals surface area (Å²) >= 11 is 0. The SMILES string of the molecule is c1ccc(Oc2c(-c3ccccc3)cccc2-c2ccccc2Oc2ccc(Oc3cccc(Oc4ccc(-c5ccccc5)cc4)c3)cc2)cc1. The Morgan fingerprint density at radius 1 is 0.231 bits per heavy atom. The molecule has 250 valence electrons. The molecule has 0 N–H and O–H groups in total. The zero-order valence-electron chi connectivity index (χ0n) is 28.3. The maximum absolute atomic E-state index is 6.61. The van der Waals surface area contributed by atoms with Crippen LogP contribution in [0.15, 0.2) is 206 Å². The highest BCUT2D eigenvalue weighted by Crippen LogP contribution is 2.45. The van der Waals surface area contributed by atoms with Gasteiger partial charge in [-0.3, -0.25) is 0 Å². The molecule has 0 spiro atoms. The van der Waals surface area contributed by atoms with Crippen molar-refractivity contribution in [2.24, 2.45) is 0 Å². The molecule has 0 saturated heterocycles. The first-order valence-corrected chi connectivity index (χ1v) is 17.2. The lowest BCUT2D eigenvalue weighted by Crippen LogP contribution is -1.94. The highest BCUT2D eigenvalue weighted by atomic mass is 16.5. The highest BCUT2D eigenvalue weighted by molar-refractivity contribution is 5.85. The molecule has 0 atom stereocenters. The van der Waals surface area contributed by atoms with Crippen LogP contribution in [0.5, 0.6) is 46.0 Å². The number of benzene rings is 8. The lowest BCUT2D eigenvalue weighted by atomic mass is 9.96. The van der Waals surface area contributed by atoms with Crippen LogP contribution in [-0.4, -0.2) is 0 Å². The molecule has 0 radical (unpaired) electrons. The highest BCUT2D eigenvalue weighted by Gasteiger charge is 2.18. The Morgan fingerprint density at radius 2 is 0.654 bits per heavy atom. The topological polar surface area (TPSA) is 36.9 Å². The van der Waals surface area contributed by atoms with Gasteiger partial charge in [0.05, 0.1) is 0 Å². The second-order valence-electron chi connectivity index (χ2n) is 12.1. The van der Waals surface area contributed by atoms with Gasteiger partial charge < -0.3 is 18.9 Å². The maximum Gasteiger partial charge on any atom is 0.143 e. The lowest BCUT2D eigenvalue weighted by Gasteiger charge is -2.18. The van der Waals surface area contributed by atoms with Crippen LogP contribution in [0.25, 0.3) is 33.4 Å². The van der Waals surface area contributed by atoms with E-state index in [1.807, 2.05) is 146 Å². The number of ether oxygens (including phenoxy) is 4. The molecular weight excluding hydrogens is 641 g/mol. The molecule has 0 amide bonds. The molecule has 0 saturated carbocycles. The summed E-state index contributed by atoms with van der Waals surface area (Å²) in [6.45, 7) is 0. The summed E-state index contributed by atoms with van der Waals surface area (Å²) in [5.41, 5.74) is 6.21. The monoisotopic (exact) mass is 674 g/mol. The number of hydrogen-bond donors (Lipinski definition) is 0. The summed E-state index contributed by atoms with van der Waals surface area (Å²) in [6.07, 6.45) is 0. The standard InChI is InChI=1S/C48H34O4/c1-4-14-35(15-5-1)36-26-28-39(29-27-36)49-42-20-12-21-43(34-42)50-40-30-32-41(33-31-40)51-47-25-11-10-22-45(47)46-24-13-23-44(37-16-6-2-7-17-37)48(46)52-38-18-8-3-9-19-38/h1-34H. The van der Waals surface area contributed by atoms with E-state index in [1.54, 1.807) is 0 Å². The first-order chi connectivity index (χ1) is 25.7. The smallest absolute Gasteiger partial charge is 0.143 e. The van der Waals surface area contributed by atoms with Crippen LogP contribution in [0.3, 0.4) is 0 Å². The van der Waals surface area contributed by atoms with Gasteiger partial charge in [-0.1, -0.05) is 133 Å². The van der Waals surface area contributed by atoms with Crippen LogP contribution >= 0.6 is 0 Å². The fourth-order valence-corrected chi connectivity index (χ4v) is 6.01. The Labute approximate surface area is 303 Å². The predicted molar refractivity (Wildman–Crippen MR) is 209 cm³/mol. The van der Waals surface area contributed by atoms with Crippen molar-refractivity contribution in [3.05, 3.63) is 206 Å². The second kappa shape index (κ2) is 15.2. The fourth-order valence-electron chi connectivity index (χ4n) is 6.01. The van der Waals surface area contributed by atoms with Crippen LogP contribution < -0.4 is 18.9 Å². The molecule has 0 aliphatic rings. The Morgan fingerprint density at radius 3 is 1.31 bits per heavy atom. The van der Waals surface area contributed by atoms with Crippen molar-refractivity contribution in [2.75, 3.05) is 0 Å². The molecule has 4 nitrogen and oxygen atoms in total. The molecule has 4 heteroatoms. The Bertz CT molecular complexity index is 2370. The largest absolute Gasteiger partial charge is 0.457 e. The Balaban J connectivity index is 0.996. The minimum Gasteiger partial charge on any atom is -0.457 e. The van der Waals surface area contributed by atoms with Crippen LogP contribution in [0.4, 0.5) is 0 Å². The van der Waals surface area contributed by atoms with Gasteiger partial charge >= 0.3 is 0 Å². The van der Waals surface area contributed by atoms with Gasteiger partial charge in [0.25, 0.3) is 0 Å². The predicted octanol–water partition coefficient (Wildman–Crippen LogP) is 13.9. The van der Waals surface area contributed by atoms with E-state index < -0.39 is 0 Å². The van der Waals surface area contributed by atoms with E-state index in [1.165, 1.54) is 5.56 Å². The van der Waals surface area contributed by atoms with Crippen molar-refractivity contribution >= 4 is 0 Å².